The summed E-state index contributed by atoms with van der Waals surface area (Å²) < 4.78 is 12.4. The summed E-state index contributed by atoms with van der Waals surface area (Å²) in [6.45, 7) is 1.97. The Bertz CT molecular complexity index is 784. The molecule has 2 rings (SSSR count). The number of benzene rings is 2. The number of nitrogens with two attached hydrogens (primary N) is 2. The number of hydrogen-bond donors (Lipinski definition) is 3. The molecule has 0 aliphatic carbocycles. The van der Waals surface area contributed by atoms with E-state index in [1.807, 2.05) is 12.1 Å². The van der Waals surface area contributed by atoms with Crippen LogP contribution < -0.4 is 16.8 Å². The third kappa shape index (κ3) is 5.61. The fourth-order valence-electron chi connectivity index (χ4n) is 1.93. The van der Waals surface area contributed by atoms with E-state index < -0.39 is 0 Å². The zero-order valence-corrected chi connectivity index (χ0v) is 14.4. The summed E-state index contributed by atoms with van der Waals surface area (Å²) in [5.74, 6) is 0.347. The monoisotopic (exact) mass is 359 g/mol. The van der Waals surface area contributed by atoms with Gasteiger partial charge in [-0.3, -0.25) is 4.79 Å². The Balaban J connectivity index is 1.95. The van der Waals surface area contributed by atoms with E-state index in [0.29, 0.717) is 28.4 Å². The van der Waals surface area contributed by atoms with Gasteiger partial charge in [-0.2, -0.15) is 3.89 Å². The Morgan fingerprint density at radius 3 is 2.20 bits per heavy atom. The molecule has 25 heavy (non-hydrogen) atoms. The second kappa shape index (κ2) is 8.84. The second-order valence-corrected chi connectivity index (χ2v) is 5.83. The predicted octanol–water partition coefficient (Wildman–Crippen LogP) is 2.59. The number of hydrogen-bond acceptors (Lipinski definition) is 4. The van der Waals surface area contributed by atoms with E-state index in [4.69, 9.17) is 11.5 Å². The molecule has 0 aliphatic heterocycles. The summed E-state index contributed by atoms with van der Waals surface area (Å²) >= 11 is 0.141. The molecule has 0 radical (unpaired) electrons. The predicted molar refractivity (Wildman–Crippen MR) is 99.0 cm³/mol. The molecule has 130 valence electrons. The molecular weight excluding hydrogens is 341 g/mol. The average Bonchev–Trinajstić information content (AvgIpc) is 2.64. The summed E-state index contributed by atoms with van der Waals surface area (Å²) in [6, 6.07) is 13.5. The summed E-state index contributed by atoms with van der Waals surface area (Å²) in [5.41, 5.74) is 13.3. The minimum Gasteiger partial charge on any atom is -0.386 e. The Kier molecular flexibility index (Phi) is 6.53. The van der Waals surface area contributed by atoms with E-state index in [2.05, 4.69) is 15.5 Å². The SMILES string of the molecule is C/C(N)=N/N=C(\N)c1ccc(CNC(=O)c2ccc(SF)cc2)cc1. The highest BCUT2D eigenvalue weighted by Crippen LogP contribution is 2.18. The van der Waals surface area contributed by atoms with Crippen LogP contribution in [-0.4, -0.2) is 17.6 Å². The van der Waals surface area contributed by atoms with Crippen LogP contribution in [0.5, 0.6) is 0 Å². The Morgan fingerprint density at radius 1 is 1.04 bits per heavy atom. The van der Waals surface area contributed by atoms with E-state index in [1.54, 1.807) is 43.3 Å². The number of nitrogens with one attached hydrogen (secondary N) is 1. The van der Waals surface area contributed by atoms with Crippen LogP contribution in [0.2, 0.25) is 0 Å². The lowest BCUT2D eigenvalue weighted by molar-refractivity contribution is 0.0951. The van der Waals surface area contributed by atoms with E-state index in [9.17, 15) is 8.68 Å². The quantitative estimate of drug-likeness (QED) is 0.419. The first-order valence-electron chi connectivity index (χ1n) is 7.39. The first-order valence-corrected chi connectivity index (χ1v) is 8.10. The molecule has 0 fully saturated rings. The highest BCUT2D eigenvalue weighted by atomic mass is 32.2. The smallest absolute Gasteiger partial charge is 0.251 e. The molecule has 8 heteroatoms. The van der Waals surface area contributed by atoms with Crippen molar-refractivity contribution in [3.63, 3.8) is 0 Å². The fourth-order valence-corrected chi connectivity index (χ4v) is 2.16. The number of halogens is 1. The number of rotatable bonds is 6. The Hall–Kier alpha value is -2.87. The van der Waals surface area contributed by atoms with Gasteiger partial charge < -0.3 is 16.8 Å². The first kappa shape index (κ1) is 18.5. The Morgan fingerprint density at radius 2 is 1.64 bits per heavy atom. The highest BCUT2D eigenvalue weighted by molar-refractivity contribution is 7.94. The van der Waals surface area contributed by atoms with Crippen LogP contribution in [0.4, 0.5) is 3.89 Å². The molecule has 0 aromatic heterocycles. The van der Waals surface area contributed by atoms with Crippen LogP contribution in [0.15, 0.2) is 63.6 Å². The lowest BCUT2D eigenvalue weighted by Crippen LogP contribution is -2.22. The fraction of sp³-hybridized carbons (Fsp3) is 0.118. The van der Waals surface area contributed by atoms with Gasteiger partial charge in [0.15, 0.2) is 5.84 Å². The standard InChI is InChI=1S/C17H18FN5OS/c1-11(19)22-23-16(20)13-4-2-12(3-5-13)10-21-17(24)14-6-8-15(25-18)9-7-14/h2-9H,10H2,1H3,(H2,19,22)(H2,20,23)(H,21,24). The van der Waals surface area contributed by atoms with Gasteiger partial charge in [-0.15, -0.1) is 10.2 Å². The molecule has 0 atom stereocenters. The largest absolute Gasteiger partial charge is 0.386 e. The number of amidine groups is 2. The van der Waals surface area contributed by atoms with Crippen molar-refractivity contribution in [2.45, 2.75) is 18.4 Å². The van der Waals surface area contributed by atoms with Gasteiger partial charge in [0.2, 0.25) is 0 Å². The van der Waals surface area contributed by atoms with Crippen LogP contribution in [0.25, 0.3) is 0 Å². The van der Waals surface area contributed by atoms with Gasteiger partial charge in [0, 0.05) is 22.6 Å². The lowest BCUT2D eigenvalue weighted by Gasteiger charge is -2.07. The molecule has 0 unspecified atom stereocenters. The van der Waals surface area contributed by atoms with Gasteiger partial charge >= 0.3 is 0 Å². The summed E-state index contributed by atoms with van der Waals surface area (Å²) in [5, 5.41) is 10.3. The maximum atomic E-state index is 12.4. The van der Waals surface area contributed by atoms with E-state index in [1.165, 1.54) is 0 Å². The number of nitrogens with zero attached hydrogens (tertiary/aromatic N) is 2. The van der Waals surface area contributed by atoms with Gasteiger partial charge in [0.05, 0.1) is 12.1 Å². The molecule has 1 amide bonds. The minimum absolute atomic E-state index is 0.141. The molecule has 2 aromatic rings. The van der Waals surface area contributed by atoms with E-state index in [0.717, 1.165) is 5.56 Å². The average molecular weight is 359 g/mol. The van der Waals surface area contributed by atoms with E-state index in [-0.39, 0.29) is 23.9 Å². The van der Waals surface area contributed by atoms with Crippen molar-refractivity contribution < 1.29 is 8.68 Å². The molecule has 0 spiro atoms. The van der Waals surface area contributed by atoms with Gasteiger partial charge in [-0.25, -0.2) is 0 Å². The van der Waals surface area contributed by atoms with Crippen LogP contribution in [-0.2, 0) is 6.54 Å². The van der Waals surface area contributed by atoms with Crippen LogP contribution in [0, 0.1) is 0 Å². The number of amides is 1. The maximum Gasteiger partial charge on any atom is 0.251 e. The second-order valence-electron chi connectivity index (χ2n) is 5.21. The van der Waals surface area contributed by atoms with Gasteiger partial charge in [0.25, 0.3) is 5.91 Å². The van der Waals surface area contributed by atoms with E-state index >= 15 is 0 Å². The van der Waals surface area contributed by atoms with Crippen molar-refractivity contribution in [1.29, 1.82) is 0 Å². The maximum absolute atomic E-state index is 12.4. The number of carbonyl (C=O) groups is 1. The molecule has 0 saturated carbocycles. The third-order valence-electron chi connectivity index (χ3n) is 3.22. The summed E-state index contributed by atoms with van der Waals surface area (Å²) in [6.07, 6.45) is 0. The molecule has 0 saturated heterocycles. The summed E-state index contributed by atoms with van der Waals surface area (Å²) in [7, 11) is 0. The van der Waals surface area contributed by atoms with Crippen LogP contribution in [0.3, 0.4) is 0 Å². The third-order valence-corrected chi connectivity index (χ3v) is 3.67. The van der Waals surface area contributed by atoms with Crippen molar-refractivity contribution in [2.24, 2.45) is 21.7 Å². The van der Waals surface area contributed by atoms with Crippen molar-refractivity contribution in [3.05, 3.63) is 65.2 Å². The first-order chi connectivity index (χ1) is 12.0. The molecule has 0 aliphatic rings. The highest BCUT2D eigenvalue weighted by Gasteiger charge is 2.06. The van der Waals surface area contributed by atoms with Crippen molar-refractivity contribution in [3.8, 4) is 0 Å². The lowest BCUT2D eigenvalue weighted by atomic mass is 10.1. The zero-order chi connectivity index (χ0) is 18.2. The normalized spacial score (nSPS) is 12.1. The molecule has 0 heterocycles. The molecular formula is C17H18FN5OS. The minimum atomic E-state index is -0.228. The van der Waals surface area contributed by atoms with Crippen molar-refractivity contribution >= 4 is 29.7 Å². The number of carbonyl (C=O) groups excluding carboxylic acids is 1. The molecule has 5 N–H and O–H groups in total. The van der Waals surface area contributed by atoms with Crippen molar-refractivity contribution in [1.82, 2.24) is 5.32 Å². The summed E-state index contributed by atoms with van der Waals surface area (Å²) in [4.78, 5) is 12.5. The molecule has 2 aromatic carbocycles. The molecule has 6 nitrogen and oxygen atoms in total. The van der Waals surface area contributed by atoms with Crippen molar-refractivity contribution in [2.75, 3.05) is 0 Å². The molecule has 0 bridgehead atoms. The van der Waals surface area contributed by atoms with Crippen LogP contribution in [0.1, 0.15) is 28.4 Å². The van der Waals surface area contributed by atoms with Gasteiger partial charge in [0.1, 0.15) is 5.84 Å². The Labute approximate surface area is 149 Å². The topological polar surface area (TPSA) is 106 Å². The zero-order valence-electron chi connectivity index (χ0n) is 13.6. The van der Waals surface area contributed by atoms with Gasteiger partial charge in [-0.05, 0) is 36.8 Å². The van der Waals surface area contributed by atoms with Crippen LogP contribution >= 0.6 is 12.1 Å². The van der Waals surface area contributed by atoms with Gasteiger partial charge in [-0.1, -0.05) is 24.3 Å².